The van der Waals surface area contributed by atoms with E-state index in [2.05, 4.69) is 9.97 Å². The summed E-state index contributed by atoms with van der Waals surface area (Å²) in [5.41, 5.74) is 0.955. The fourth-order valence-electron chi connectivity index (χ4n) is 3.03. The van der Waals surface area contributed by atoms with Crippen molar-refractivity contribution in [3.05, 3.63) is 39.9 Å². The SMILES string of the molecule is Cc1c(C2(C=O)CC2)sc2c(N(Cc3ccco3)C(=O)O)nc(Cl)nc12. The van der Waals surface area contributed by atoms with Gasteiger partial charge in [0.25, 0.3) is 0 Å². The molecule has 0 bridgehead atoms. The standard InChI is InChI=1S/C17H14ClN3O4S/c1-9-11-12(26-13(9)17(8-22)4-5-17)14(20-15(18)19-11)21(16(23)24)7-10-3-2-6-25-10/h2-3,6,8H,4-5,7H2,1H3,(H,23,24). The van der Waals surface area contributed by atoms with Crippen LogP contribution in [0.3, 0.4) is 0 Å². The van der Waals surface area contributed by atoms with Crippen molar-refractivity contribution in [2.45, 2.75) is 31.7 Å². The highest BCUT2D eigenvalue weighted by atomic mass is 35.5. The zero-order valence-corrected chi connectivity index (χ0v) is 15.3. The minimum Gasteiger partial charge on any atom is -0.467 e. The largest absolute Gasteiger partial charge is 0.467 e. The summed E-state index contributed by atoms with van der Waals surface area (Å²) in [4.78, 5) is 33.8. The maximum atomic E-state index is 11.9. The fraction of sp³-hybridized carbons (Fsp3) is 0.294. The number of amides is 1. The van der Waals surface area contributed by atoms with E-state index in [1.165, 1.54) is 17.6 Å². The second-order valence-corrected chi connectivity index (χ2v) is 7.63. The molecule has 134 valence electrons. The van der Waals surface area contributed by atoms with Crippen molar-refractivity contribution in [3.8, 4) is 0 Å². The number of furan rings is 1. The van der Waals surface area contributed by atoms with E-state index in [0.717, 1.165) is 34.5 Å². The molecule has 1 aliphatic carbocycles. The van der Waals surface area contributed by atoms with Crippen LogP contribution in [0.1, 0.15) is 29.0 Å². The Morgan fingerprint density at radius 2 is 2.27 bits per heavy atom. The molecule has 7 nitrogen and oxygen atoms in total. The Balaban J connectivity index is 1.89. The molecule has 0 aliphatic heterocycles. The Kier molecular flexibility index (Phi) is 3.96. The molecule has 1 saturated carbocycles. The van der Waals surface area contributed by atoms with E-state index in [-0.39, 0.29) is 17.6 Å². The number of carbonyl (C=O) groups excluding carboxylic acids is 1. The number of thiophene rings is 1. The first-order valence-corrected chi connectivity index (χ1v) is 9.11. The molecule has 0 aromatic carbocycles. The third-order valence-electron chi connectivity index (χ3n) is 4.57. The lowest BCUT2D eigenvalue weighted by Crippen LogP contribution is -2.29. The molecule has 1 N–H and O–H groups in total. The molecule has 0 spiro atoms. The number of hydrogen-bond donors (Lipinski definition) is 1. The van der Waals surface area contributed by atoms with Gasteiger partial charge in [-0.3, -0.25) is 4.90 Å². The first-order valence-electron chi connectivity index (χ1n) is 7.91. The predicted molar refractivity (Wildman–Crippen MR) is 97.1 cm³/mol. The number of aromatic nitrogens is 2. The minimum atomic E-state index is -1.18. The van der Waals surface area contributed by atoms with Gasteiger partial charge in [-0.05, 0) is 49.1 Å². The summed E-state index contributed by atoms with van der Waals surface area (Å²) in [6.07, 6.45) is 2.84. The number of hydrogen-bond acceptors (Lipinski definition) is 6. The summed E-state index contributed by atoms with van der Waals surface area (Å²) in [7, 11) is 0. The quantitative estimate of drug-likeness (QED) is 0.518. The molecule has 0 saturated heterocycles. The van der Waals surface area contributed by atoms with Crippen molar-refractivity contribution in [2.24, 2.45) is 0 Å². The van der Waals surface area contributed by atoms with Gasteiger partial charge < -0.3 is 14.3 Å². The van der Waals surface area contributed by atoms with E-state index < -0.39 is 11.5 Å². The average molecular weight is 392 g/mol. The maximum absolute atomic E-state index is 11.9. The topological polar surface area (TPSA) is 96.5 Å². The van der Waals surface area contributed by atoms with Gasteiger partial charge >= 0.3 is 6.09 Å². The second-order valence-electron chi connectivity index (χ2n) is 6.27. The highest BCUT2D eigenvalue weighted by Gasteiger charge is 2.47. The molecule has 3 aromatic rings. The molecule has 3 heterocycles. The van der Waals surface area contributed by atoms with E-state index in [1.807, 2.05) is 6.92 Å². The smallest absolute Gasteiger partial charge is 0.413 e. The van der Waals surface area contributed by atoms with E-state index in [1.54, 1.807) is 12.1 Å². The number of carboxylic acid groups (broad SMARTS) is 1. The fourth-order valence-corrected chi connectivity index (χ4v) is 4.65. The molecule has 9 heteroatoms. The lowest BCUT2D eigenvalue weighted by atomic mass is 10.0. The van der Waals surface area contributed by atoms with Crippen molar-refractivity contribution in [1.29, 1.82) is 0 Å². The maximum Gasteiger partial charge on any atom is 0.413 e. The highest BCUT2D eigenvalue weighted by molar-refractivity contribution is 7.20. The molecule has 3 aromatic heterocycles. The summed E-state index contributed by atoms with van der Waals surface area (Å²) in [5.74, 6) is 0.681. The van der Waals surface area contributed by atoms with Gasteiger partial charge in [-0.2, -0.15) is 4.98 Å². The van der Waals surface area contributed by atoms with Crippen molar-refractivity contribution in [3.63, 3.8) is 0 Å². The summed E-state index contributed by atoms with van der Waals surface area (Å²) < 4.78 is 5.87. The van der Waals surface area contributed by atoms with E-state index in [9.17, 15) is 14.7 Å². The Morgan fingerprint density at radius 1 is 1.50 bits per heavy atom. The van der Waals surface area contributed by atoms with Gasteiger partial charge in [-0.1, -0.05) is 0 Å². The Hall–Kier alpha value is -2.45. The molecule has 26 heavy (non-hydrogen) atoms. The van der Waals surface area contributed by atoms with Crippen molar-refractivity contribution >= 4 is 51.4 Å². The van der Waals surface area contributed by atoms with E-state index in [4.69, 9.17) is 16.0 Å². The van der Waals surface area contributed by atoms with Crippen molar-refractivity contribution in [1.82, 2.24) is 9.97 Å². The Morgan fingerprint density at radius 3 is 2.85 bits per heavy atom. The van der Waals surface area contributed by atoms with Crippen LogP contribution in [0.2, 0.25) is 5.28 Å². The lowest BCUT2D eigenvalue weighted by Gasteiger charge is -2.17. The van der Waals surface area contributed by atoms with Crippen LogP contribution < -0.4 is 4.90 Å². The number of carbonyl (C=O) groups is 2. The highest BCUT2D eigenvalue weighted by Crippen LogP contribution is 2.52. The van der Waals surface area contributed by atoms with Crippen LogP contribution in [0.15, 0.2) is 22.8 Å². The predicted octanol–water partition coefficient (Wildman–Crippen LogP) is 4.16. The van der Waals surface area contributed by atoms with Gasteiger partial charge in [-0.15, -0.1) is 11.3 Å². The number of rotatable bonds is 5. The third kappa shape index (κ3) is 2.65. The second kappa shape index (κ2) is 6.07. The molecule has 1 amide bonds. The van der Waals surface area contributed by atoms with Crippen LogP contribution >= 0.6 is 22.9 Å². The average Bonchev–Trinajstić information content (AvgIpc) is 3.09. The molecule has 0 radical (unpaired) electrons. The van der Waals surface area contributed by atoms with Crippen LogP contribution in [0.4, 0.5) is 10.6 Å². The Labute approximate surface area is 157 Å². The number of aryl methyl sites for hydroxylation is 1. The molecule has 1 aliphatic rings. The zero-order valence-electron chi connectivity index (χ0n) is 13.7. The molecule has 4 rings (SSSR count). The van der Waals surface area contributed by atoms with Gasteiger partial charge in [0, 0.05) is 4.88 Å². The summed E-state index contributed by atoms with van der Waals surface area (Å²) in [6.45, 7) is 1.87. The van der Waals surface area contributed by atoms with Crippen LogP contribution in [0, 0.1) is 6.92 Å². The number of fused-ring (bicyclic) bond motifs is 1. The van der Waals surface area contributed by atoms with Gasteiger partial charge in [0.1, 0.15) is 12.0 Å². The third-order valence-corrected chi connectivity index (χ3v) is 6.23. The lowest BCUT2D eigenvalue weighted by molar-refractivity contribution is -0.109. The van der Waals surface area contributed by atoms with Crippen LogP contribution in [-0.2, 0) is 16.8 Å². The molecule has 0 unspecified atom stereocenters. The Bertz CT molecular complexity index is 1010. The van der Waals surface area contributed by atoms with Crippen LogP contribution in [-0.4, -0.2) is 27.5 Å². The number of aldehydes is 1. The van der Waals surface area contributed by atoms with Gasteiger partial charge in [0.2, 0.25) is 5.28 Å². The van der Waals surface area contributed by atoms with Crippen LogP contribution in [0.5, 0.6) is 0 Å². The molecular weight excluding hydrogens is 378 g/mol. The summed E-state index contributed by atoms with van der Waals surface area (Å²) >= 11 is 7.43. The zero-order chi connectivity index (χ0) is 18.5. The van der Waals surface area contributed by atoms with E-state index in [0.29, 0.717) is 16.0 Å². The van der Waals surface area contributed by atoms with E-state index >= 15 is 0 Å². The monoisotopic (exact) mass is 391 g/mol. The van der Waals surface area contributed by atoms with Gasteiger partial charge in [0.05, 0.1) is 28.4 Å². The van der Waals surface area contributed by atoms with Crippen molar-refractivity contribution in [2.75, 3.05) is 4.90 Å². The summed E-state index contributed by atoms with van der Waals surface area (Å²) in [5, 5.41) is 9.66. The first-order chi connectivity index (χ1) is 12.4. The normalized spacial score (nSPS) is 15.2. The molecular formula is C17H14ClN3O4S. The van der Waals surface area contributed by atoms with Gasteiger partial charge in [-0.25, -0.2) is 9.78 Å². The van der Waals surface area contributed by atoms with Crippen molar-refractivity contribution < 1.29 is 19.1 Å². The van der Waals surface area contributed by atoms with Gasteiger partial charge in [0.15, 0.2) is 5.82 Å². The molecule has 0 atom stereocenters. The number of halogens is 1. The van der Waals surface area contributed by atoms with Crippen LogP contribution in [0.25, 0.3) is 10.2 Å². The number of anilines is 1. The first kappa shape index (κ1) is 17.0. The minimum absolute atomic E-state index is 0.00409. The summed E-state index contributed by atoms with van der Waals surface area (Å²) in [6, 6.07) is 3.37. The molecule has 1 fully saturated rings. The number of nitrogens with zero attached hydrogens (tertiary/aromatic N) is 3.